The van der Waals surface area contributed by atoms with Crippen LogP contribution in [-0.2, 0) is 6.54 Å². The van der Waals surface area contributed by atoms with Gasteiger partial charge in [-0.05, 0) is 29.6 Å². The molecule has 0 aliphatic heterocycles. The first-order valence-electron chi connectivity index (χ1n) is 9.64. The molecule has 0 heterocycles. The third-order valence-electron chi connectivity index (χ3n) is 4.89. The van der Waals surface area contributed by atoms with Crippen LogP contribution in [0.4, 0.5) is 0 Å². The highest BCUT2D eigenvalue weighted by Gasteiger charge is 2.41. The molecule has 138 valence electrons. The Hall–Kier alpha value is -0.240. The Bertz CT molecular complexity index is 429. The molecule has 0 unspecified atom stereocenters. The van der Waals surface area contributed by atoms with Crippen LogP contribution < -0.4 is 0 Å². The fraction of sp³-hybridized carbons (Fsp3) is 0.714. The van der Waals surface area contributed by atoms with E-state index in [0.29, 0.717) is 4.48 Å². The number of benzene rings is 1. The average Bonchev–Trinajstić information content (AvgIpc) is 2.53. The predicted molar refractivity (Wildman–Crippen MR) is 109 cm³/mol. The summed E-state index contributed by atoms with van der Waals surface area (Å²) in [6.07, 6.45) is 12.7. The van der Waals surface area contributed by atoms with Gasteiger partial charge in [0, 0.05) is 12.0 Å². The summed E-state index contributed by atoms with van der Waals surface area (Å²) in [5.74, 6) is 0. The lowest BCUT2D eigenvalue weighted by molar-refractivity contribution is -0.926. The first-order valence-corrected chi connectivity index (χ1v) is 10.4. The lowest BCUT2D eigenvalue weighted by Crippen LogP contribution is -2.52. The molecule has 24 heavy (non-hydrogen) atoms. The van der Waals surface area contributed by atoms with E-state index in [2.05, 4.69) is 45.3 Å². The number of hydrogen-bond acceptors (Lipinski definition) is 0. The van der Waals surface area contributed by atoms with Crippen molar-refractivity contribution in [2.75, 3.05) is 14.1 Å². The summed E-state index contributed by atoms with van der Waals surface area (Å²) in [5.41, 5.74) is 1.28. The number of nitrogens with zero attached hydrogens (tertiary/aromatic N) is 1. The first kappa shape index (κ1) is 21.8. The Kier molecular flexibility index (Phi) is 10.3. The van der Waals surface area contributed by atoms with Crippen LogP contribution in [0.2, 0.25) is 0 Å². The summed E-state index contributed by atoms with van der Waals surface area (Å²) in [7, 11) is 4.25. The van der Waals surface area contributed by atoms with Crippen LogP contribution in [0.15, 0.2) is 30.3 Å². The Balaban J connectivity index is 2.24. The van der Waals surface area contributed by atoms with Crippen LogP contribution >= 0.6 is 23.2 Å². The molecule has 0 aliphatic rings. The highest BCUT2D eigenvalue weighted by molar-refractivity contribution is 6.47. The Morgan fingerprint density at radius 1 is 0.792 bits per heavy atom. The molecule has 0 spiro atoms. The van der Waals surface area contributed by atoms with Gasteiger partial charge in [0.05, 0.1) is 14.1 Å². The Labute approximate surface area is 159 Å². The smallest absolute Gasteiger partial charge is 0.250 e. The quantitative estimate of drug-likeness (QED) is 0.147. The molecular formula is C21H36Cl2N+. The van der Waals surface area contributed by atoms with Gasteiger partial charge in [-0.25, -0.2) is 0 Å². The number of halogens is 2. The highest BCUT2D eigenvalue weighted by atomic mass is 35.5. The van der Waals surface area contributed by atoms with E-state index in [-0.39, 0.29) is 0 Å². The number of rotatable bonds is 13. The van der Waals surface area contributed by atoms with Crippen molar-refractivity contribution in [2.45, 2.75) is 82.1 Å². The van der Waals surface area contributed by atoms with Crippen molar-refractivity contribution in [2.24, 2.45) is 0 Å². The van der Waals surface area contributed by atoms with Crippen LogP contribution in [0.5, 0.6) is 0 Å². The summed E-state index contributed by atoms with van der Waals surface area (Å²) in [6.45, 7) is 3.12. The topological polar surface area (TPSA) is 0 Å². The van der Waals surface area contributed by atoms with Crippen LogP contribution in [0.3, 0.4) is 0 Å². The van der Waals surface area contributed by atoms with Gasteiger partial charge in [0.1, 0.15) is 6.54 Å². The second kappa shape index (κ2) is 11.4. The van der Waals surface area contributed by atoms with Gasteiger partial charge in [-0.15, -0.1) is 0 Å². The fourth-order valence-corrected chi connectivity index (χ4v) is 3.49. The van der Waals surface area contributed by atoms with E-state index >= 15 is 0 Å². The maximum absolute atomic E-state index is 6.71. The number of unbranched alkanes of at least 4 members (excludes halogenated alkanes) is 8. The van der Waals surface area contributed by atoms with Gasteiger partial charge >= 0.3 is 0 Å². The molecule has 0 saturated carbocycles. The van der Waals surface area contributed by atoms with E-state index in [4.69, 9.17) is 23.2 Å². The average molecular weight is 373 g/mol. The van der Waals surface area contributed by atoms with Gasteiger partial charge in [0.25, 0.3) is 4.46 Å². The molecule has 0 atom stereocenters. The molecule has 0 saturated heterocycles. The first-order chi connectivity index (χ1) is 11.4. The second-order valence-electron chi connectivity index (χ2n) is 7.57. The van der Waals surface area contributed by atoms with Gasteiger partial charge in [-0.3, -0.25) is 4.48 Å². The minimum Gasteiger partial charge on any atom is -0.294 e. The molecule has 0 bridgehead atoms. The molecule has 1 nitrogen and oxygen atoms in total. The standard InChI is InChI=1S/C21H36Cl2N/c1-4-5-6-7-8-9-10-11-15-18-21(22,23)24(2,3)19-20-16-13-12-14-17-20/h12-14,16-17H,4-11,15,18-19H2,1-3H3/q+1. The molecule has 1 aromatic carbocycles. The van der Waals surface area contributed by atoms with Gasteiger partial charge in [0.15, 0.2) is 0 Å². The zero-order valence-electron chi connectivity index (χ0n) is 15.9. The van der Waals surface area contributed by atoms with Crippen molar-refractivity contribution in [3.8, 4) is 0 Å². The van der Waals surface area contributed by atoms with E-state index in [1.165, 1.54) is 56.9 Å². The third-order valence-corrected chi connectivity index (χ3v) is 6.18. The summed E-state index contributed by atoms with van der Waals surface area (Å²) in [4.78, 5) is 0. The van der Waals surface area contributed by atoms with E-state index < -0.39 is 4.46 Å². The number of hydrogen-bond donors (Lipinski definition) is 0. The molecule has 0 radical (unpaired) electrons. The molecule has 1 rings (SSSR count). The van der Waals surface area contributed by atoms with Crippen molar-refractivity contribution in [1.29, 1.82) is 0 Å². The largest absolute Gasteiger partial charge is 0.294 e. The molecule has 1 aromatic rings. The van der Waals surface area contributed by atoms with Gasteiger partial charge in [-0.2, -0.15) is 0 Å². The number of alkyl halides is 2. The molecule has 0 N–H and O–H groups in total. The molecule has 0 aromatic heterocycles. The Morgan fingerprint density at radius 2 is 1.29 bits per heavy atom. The van der Waals surface area contributed by atoms with Gasteiger partial charge in [-0.1, -0.05) is 88.6 Å². The SMILES string of the molecule is CCCCCCCCCCCC(Cl)(Cl)[N+](C)(C)Cc1ccccc1. The monoisotopic (exact) mass is 372 g/mol. The normalized spacial score (nSPS) is 12.5. The number of quaternary nitrogens is 1. The maximum Gasteiger partial charge on any atom is 0.250 e. The zero-order chi connectivity index (χ0) is 17.9. The van der Waals surface area contributed by atoms with Crippen LogP contribution in [0.25, 0.3) is 0 Å². The Morgan fingerprint density at radius 3 is 1.83 bits per heavy atom. The molecule has 3 heteroatoms. The van der Waals surface area contributed by atoms with E-state index in [1.807, 2.05) is 6.07 Å². The van der Waals surface area contributed by atoms with Crippen molar-refractivity contribution in [1.82, 2.24) is 0 Å². The molecule has 0 aliphatic carbocycles. The van der Waals surface area contributed by atoms with Crippen molar-refractivity contribution in [3.05, 3.63) is 35.9 Å². The summed E-state index contributed by atoms with van der Waals surface area (Å²) in [5, 5.41) is 0. The van der Waals surface area contributed by atoms with Crippen LogP contribution in [-0.4, -0.2) is 23.0 Å². The predicted octanol–water partition coefficient (Wildman–Crippen LogP) is 7.32. The van der Waals surface area contributed by atoms with Crippen molar-refractivity contribution >= 4 is 23.2 Å². The van der Waals surface area contributed by atoms with E-state index in [9.17, 15) is 0 Å². The molecular weight excluding hydrogens is 337 g/mol. The van der Waals surface area contributed by atoms with Gasteiger partial charge in [0.2, 0.25) is 0 Å². The molecule has 0 fully saturated rings. The van der Waals surface area contributed by atoms with Crippen LogP contribution in [0, 0.1) is 0 Å². The minimum atomic E-state index is -0.725. The maximum atomic E-state index is 6.71. The highest BCUT2D eigenvalue weighted by Crippen LogP contribution is 2.37. The summed E-state index contributed by atoms with van der Waals surface area (Å²) >= 11 is 13.4. The van der Waals surface area contributed by atoms with E-state index in [1.54, 1.807) is 0 Å². The van der Waals surface area contributed by atoms with Crippen LogP contribution in [0.1, 0.15) is 76.7 Å². The zero-order valence-corrected chi connectivity index (χ0v) is 17.4. The fourth-order valence-electron chi connectivity index (χ4n) is 3.11. The minimum absolute atomic E-state index is 0.594. The molecule has 0 amide bonds. The van der Waals surface area contributed by atoms with Gasteiger partial charge < -0.3 is 0 Å². The van der Waals surface area contributed by atoms with Crippen molar-refractivity contribution < 1.29 is 4.48 Å². The third kappa shape index (κ3) is 8.23. The summed E-state index contributed by atoms with van der Waals surface area (Å²) in [6, 6.07) is 10.5. The lowest BCUT2D eigenvalue weighted by Gasteiger charge is -2.40. The summed E-state index contributed by atoms with van der Waals surface area (Å²) < 4.78 is -0.131. The lowest BCUT2D eigenvalue weighted by atomic mass is 10.1. The second-order valence-corrected chi connectivity index (χ2v) is 9.02. The van der Waals surface area contributed by atoms with E-state index in [0.717, 1.165) is 19.4 Å². The van der Waals surface area contributed by atoms with Crippen molar-refractivity contribution in [3.63, 3.8) is 0 Å².